The van der Waals surface area contributed by atoms with Crippen LogP contribution in [0, 0.1) is 0 Å². The second kappa shape index (κ2) is 7.68. The number of halogens is 1. The highest BCUT2D eigenvalue weighted by atomic mass is 35.5. The van der Waals surface area contributed by atoms with Crippen LogP contribution in [0.1, 0.15) is 10.6 Å². The number of fused-ring (bicyclic) bond motifs is 1. The summed E-state index contributed by atoms with van der Waals surface area (Å²) in [4.78, 5) is 22.2. The third kappa shape index (κ3) is 3.44. The summed E-state index contributed by atoms with van der Waals surface area (Å²) in [7, 11) is 5.23. The van der Waals surface area contributed by atoms with Crippen molar-refractivity contribution in [1.29, 1.82) is 0 Å². The molecule has 0 aliphatic rings. The first-order chi connectivity index (χ1) is 14.4. The van der Waals surface area contributed by atoms with E-state index in [0.717, 1.165) is 16.5 Å². The second-order valence-corrected chi connectivity index (χ2v) is 7.25. The lowest BCUT2D eigenvalue weighted by atomic mass is 9.97. The quantitative estimate of drug-likeness (QED) is 0.484. The SMILES string of the molecule is COc1c(-c2ccc(C(=O)O)o2)cc(-c2cccc(Cl)c2)c2cnc(N(C)C)nc12. The van der Waals surface area contributed by atoms with Gasteiger partial charge in [-0.25, -0.2) is 14.8 Å². The average Bonchev–Trinajstić information content (AvgIpc) is 3.22. The minimum Gasteiger partial charge on any atom is -0.494 e. The summed E-state index contributed by atoms with van der Waals surface area (Å²) in [5, 5.41) is 10.6. The molecule has 2 aromatic heterocycles. The Labute approximate surface area is 177 Å². The first-order valence-corrected chi connectivity index (χ1v) is 9.41. The Hall–Kier alpha value is -3.58. The lowest BCUT2D eigenvalue weighted by Crippen LogP contribution is -2.12. The molecule has 7 nitrogen and oxygen atoms in total. The summed E-state index contributed by atoms with van der Waals surface area (Å²) in [6.07, 6.45) is 1.74. The van der Waals surface area contributed by atoms with E-state index in [0.29, 0.717) is 33.6 Å². The second-order valence-electron chi connectivity index (χ2n) is 6.81. The molecule has 0 saturated carbocycles. The van der Waals surface area contributed by atoms with Gasteiger partial charge in [0, 0.05) is 30.7 Å². The van der Waals surface area contributed by atoms with E-state index >= 15 is 0 Å². The summed E-state index contributed by atoms with van der Waals surface area (Å²) in [6.45, 7) is 0. The molecule has 0 aliphatic carbocycles. The number of furan rings is 1. The average molecular weight is 424 g/mol. The number of nitrogens with zero attached hydrogens (tertiary/aromatic N) is 3. The molecule has 30 heavy (non-hydrogen) atoms. The van der Waals surface area contributed by atoms with Gasteiger partial charge in [0.15, 0.2) is 5.75 Å². The van der Waals surface area contributed by atoms with E-state index in [1.54, 1.807) is 23.2 Å². The van der Waals surface area contributed by atoms with Crippen molar-refractivity contribution in [2.24, 2.45) is 0 Å². The van der Waals surface area contributed by atoms with Gasteiger partial charge in [-0.05, 0) is 41.5 Å². The van der Waals surface area contributed by atoms with Gasteiger partial charge in [0.25, 0.3) is 0 Å². The molecule has 2 aromatic carbocycles. The number of anilines is 1. The third-order valence-corrected chi connectivity index (χ3v) is 4.87. The Kier molecular flexibility index (Phi) is 5.05. The molecule has 0 atom stereocenters. The van der Waals surface area contributed by atoms with Crippen LogP contribution in [0.15, 0.2) is 53.1 Å². The lowest BCUT2D eigenvalue weighted by molar-refractivity contribution is 0.0663. The zero-order chi connectivity index (χ0) is 21.4. The normalized spacial score (nSPS) is 10.9. The van der Waals surface area contributed by atoms with E-state index in [9.17, 15) is 9.90 Å². The molecule has 0 aliphatic heterocycles. The Morgan fingerprint density at radius 1 is 1.17 bits per heavy atom. The van der Waals surface area contributed by atoms with Crippen LogP contribution in [0.5, 0.6) is 5.75 Å². The maximum Gasteiger partial charge on any atom is 0.371 e. The fraction of sp³-hybridized carbons (Fsp3) is 0.136. The number of hydrogen-bond donors (Lipinski definition) is 1. The van der Waals surface area contributed by atoms with Crippen molar-refractivity contribution in [3.8, 4) is 28.2 Å². The molecule has 0 fully saturated rings. The van der Waals surface area contributed by atoms with Gasteiger partial charge in [-0.3, -0.25) is 0 Å². The number of rotatable bonds is 5. The number of benzene rings is 2. The summed E-state index contributed by atoms with van der Waals surface area (Å²) in [5.74, 6) is 0.0362. The fourth-order valence-corrected chi connectivity index (χ4v) is 3.45. The molecule has 4 aromatic rings. The van der Waals surface area contributed by atoms with Crippen molar-refractivity contribution in [2.45, 2.75) is 0 Å². The van der Waals surface area contributed by atoms with Crippen LogP contribution in [0.4, 0.5) is 5.95 Å². The van der Waals surface area contributed by atoms with Crippen LogP contribution in [0.25, 0.3) is 33.4 Å². The highest BCUT2D eigenvalue weighted by Crippen LogP contribution is 2.42. The summed E-state index contributed by atoms with van der Waals surface area (Å²) in [6, 6.07) is 12.3. The van der Waals surface area contributed by atoms with Crippen LogP contribution in [0.2, 0.25) is 5.02 Å². The Balaban J connectivity index is 2.08. The molecule has 8 heteroatoms. The van der Waals surface area contributed by atoms with Gasteiger partial charge in [0.1, 0.15) is 11.3 Å². The van der Waals surface area contributed by atoms with E-state index in [2.05, 4.69) is 9.97 Å². The summed E-state index contributed by atoms with van der Waals surface area (Å²) < 4.78 is 11.2. The van der Waals surface area contributed by atoms with Gasteiger partial charge in [-0.15, -0.1) is 0 Å². The number of ether oxygens (including phenoxy) is 1. The van der Waals surface area contributed by atoms with Crippen molar-refractivity contribution in [3.05, 3.63) is 59.4 Å². The topological polar surface area (TPSA) is 88.7 Å². The predicted octanol–water partition coefficient (Wildman–Crippen LogP) is 4.98. The number of aromatic carboxylic acids is 1. The number of aromatic nitrogens is 2. The van der Waals surface area contributed by atoms with Gasteiger partial charge in [-0.2, -0.15) is 0 Å². The molecular weight excluding hydrogens is 406 g/mol. The van der Waals surface area contributed by atoms with Gasteiger partial charge in [-0.1, -0.05) is 23.7 Å². The van der Waals surface area contributed by atoms with Crippen molar-refractivity contribution in [3.63, 3.8) is 0 Å². The van der Waals surface area contributed by atoms with Crippen LogP contribution in [-0.2, 0) is 0 Å². The van der Waals surface area contributed by atoms with E-state index in [1.165, 1.54) is 13.2 Å². The highest BCUT2D eigenvalue weighted by molar-refractivity contribution is 6.31. The first kappa shape index (κ1) is 19.7. The minimum absolute atomic E-state index is 0.159. The maximum absolute atomic E-state index is 11.3. The molecule has 0 unspecified atom stereocenters. The zero-order valence-electron chi connectivity index (χ0n) is 16.5. The number of carboxylic acids is 1. The summed E-state index contributed by atoms with van der Waals surface area (Å²) in [5.41, 5.74) is 2.84. The number of methoxy groups -OCH3 is 1. The lowest BCUT2D eigenvalue weighted by Gasteiger charge is -2.17. The van der Waals surface area contributed by atoms with Gasteiger partial charge >= 0.3 is 5.97 Å². The van der Waals surface area contributed by atoms with Crippen LogP contribution >= 0.6 is 11.6 Å². The largest absolute Gasteiger partial charge is 0.494 e. The molecule has 0 bridgehead atoms. The van der Waals surface area contributed by atoms with Crippen molar-refractivity contribution < 1.29 is 19.1 Å². The van der Waals surface area contributed by atoms with Crippen LogP contribution in [0.3, 0.4) is 0 Å². The predicted molar refractivity (Wildman–Crippen MR) is 116 cm³/mol. The number of carboxylic acid groups (broad SMARTS) is 1. The molecule has 0 radical (unpaired) electrons. The molecule has 152 valence electrons. The Morgan fingerprint density at radius 2 is 1.97 bits per heavy atom. The van der Waals surface area contributed by atoms with Crippen LogP contribution < -0.4 is 9.64 Å². The first-order valence-electron chi connectivity index (χ1n) is 9.03. The Bertz CT molecular complexity index is 1270. The minimum atomic E-state index is -1.15. The molecule has 0 spiro atoms. The van der Waals surface area contributed by atoms with E-state index in [-0.39, 0.29) is 5.76 Å². The fourth-order valence-electron chi connectivity index (χ4n) is 3.26. The van der Waals surface area contributed by atoms with Gasteiger partial charge in [0.05, 0.1) is 12.7 Å². The zero-order valence-corrected chi connectivity index (χ0v) is 17.3. The molecular formula is C22H18ClN3O4. The Morgan fingerprint density at radius 3 is 2.60 bits per heavy atom. The van der Waals surface area contributed by atoms with E-state index in [1.807, 2.05) is 38.4 Å². The third-order valence-electron chi connectivity index (χ3n) is 4.64. The molecule has 1 N–H and O–H groups in total. The number of carbonyl (C=O) groups is 1. The van der Waals surface area contributed by atoms with Gasteiger partial charge in [0.2, 0.25) is 11.7 Å². The molecule has 0 saturated heterocycles. The van der Waals surface area contributed by atoms with Crippen LogP contribution in [-0.4, -0.2) is 42.2 Å². The molecule has 0 amide bonds. The van der Waals surface area contributed by atoms with Gasteiger partial charge < -0.3 is 19.2 Å². The van der Waals surface area contributed by atoms with E-state index in [4.69, 9.17) is 20.8 Å². The summed E-state index contributed by atoms with van der Waals surface area (Å²) >= 11 is 6.22. The van der Waals surface area contributed by atoms with E-state index < -0.39 is 5.97 Å². The smallest absolute Gasteiger partial charge is 0.371 e. The highest BCUT2D eigenvalue weighted by Gasteiger charge is 2.21. The monoisotopic (exact) mass is 423 g/mol. The standard InChI is InChI=1S/C22H18ClN3O4/c1-26(2)22-24-11-16-14(12-5-4-6-13(23)9-12)10-15(20(29-3)19(16)25-22)17-7-8-18(30-17)21(27)28/h4-11H,1-3H3,(H,27,28). The molecule has 4 rings (SSSR count). The number of hydrogen-bond acceptors (Lipinski definition) is 6. The van der Waals surface area contributed by atoms with Crippen molar-refractivity contribution in [1.82, 2.24) is 9.97 Å². The maximum atomic E-state index is 11.3. The van der Waals surface area contributed by atoms with Crippen molar-refractivity contribution >= 4 is 34.4 Å². The molecule has 2 heterocycles. The van der Waals surface area contributed by atoms with Crippen molar-refractivity contribution in [2.75, 3.05) is 26.1 Å².